The standard InChI is InChI=1S/C20H28I3N5O4/c1-10(32-5)26-17-15(22)12(18(29)25-2)14(21)13(16(17)23)19(30)27-11(8-6-7-9-24)20(31)28(3)4/h11H,6-9,24H2,1-5H3,(H,25,29)(H,27,30). The maximum absolute atomic E-state index is 13.4. The molecular formula is C20H28I3N5O4. The highest BCUT2D eigenvalue weighted by Crippen LogP contribution is 2.37. The molecule has 4 N–H and O–H groups in total. The summed E-state index contributed by atoms with van der Waals surface area (Å²) >= 11 is 6.09. The Morgan fingerprint density at radius 2 is 1.62 bits per heavy atom. The Balaban J connectivity index is 3.60. The zero-order chi connectivity index (χ0) is 24.6. The van der Waals surface area contributed by atoms with Gasteiger partial charge in [0, 0.05) is 31.6 Å². The van der Waals surface area contributed by atoms with E-state index in [1.54, 1.807) is 21.0 Å². The Morgan fingerprint density at radius 1 is 1.06 bits per heavy atom. The van der Waals surface area contributed by atoms with Gasteiger partial charge in [0.15, 0.2) is 5.90 Å². The molecule has 0 aliphatic heterocycles. The van der Waals surface area contributed by atoms with E-state index in [9.17, 15) is 14.4 Å². The first-order valence-corrected chi connectivity index (χ1v) is 13.0. The van der Waals surface area contributed by atoms with E-state index < -0.39 is 11.9 Å². The van der Waals surface area contributed by atoms with Crippen LogP contribution in [0.5, 0.6) is 0 Å². The maximum atomic E-state index is 13.4. The van der Waals surface area contributed by atoms with Crippen LogP contribution in [0.1, 0.15) is 46.9 Å². The van der Waals surface area contributed by atoms with Crippen molar-refractivity contribution in [1.82, 2.24) is 15.5 Å². The van der Waals surface area contributed by atoms with Gasteiger partial charge in [-0.25, -0.2) is 4.99 Å². The van der Waals surface area contributed by atoms with Crippen LogP contribution in [-0.2, 0) is 9.53 Å². The summed E-state index contributed by atoms with van der Waals surface area (Å²) in [7, 11) is 6.32. The number of carbonyl (C=O) groups excluding carboxylic acids is 3. The van der Waals surface area contributed by atoms with Gasteiger partial charge in [0.25, 0.3) is 11.8 Å². The van der Waals surface area contributed by atoms with Gasteiger partial charge in [-0.1, -0.05) is 0 Å². The Kier molecular flexibility index (Phi) is 12.7. The van der Waals surface area contributed by atoms with E-state index in [2.05, 4.69) is 38.2 Å². The third kappa shape index (κ3) is 7.38. The summed E-state index contributed by atoms with van der Waals surface area (Å²) in [5.74, 6) is -0.593. The van der Waals surface area contributed by atoms with Crippen LogP contribution in [-0.4, -0.2) is 69.4 Å². The topological polar surface area (TPSA) is 126 Å². The number of nitrogens with one attached hydrogen (secondary N) is 2. The number of rotatable bonds is 9. The fourth-order valence-corrected chi connectivity index (χ4v) is 7.16. The molecule has 0 saturated carbocycles. The average molecular weight is 783 g/mol. The molecule has 1 atom stereocenters. The molecule has 0 bridgehead atoms. The number of ether oxygens (including phenoxy) is 1. The van der Waals surface area contributed by atoms with Crippen LogP contribution < -0.4 is 16.4 Å². The number of carbonyl (C=O) groups is 3. The molecule has 9 nitrogen and oxygen atoms in total. The zero-order valence-corrected chi connectivity index (χ0v) is 25.1. The molecule has 0 aliphatic rings. The molecule has 0 spiro atoms. The fraction of sp³-hybridized carbons (Fsp3) is 0.500. The minimum absolute atomic E-state index is 0.203. The Hall–Kier alpha value is -0.750. The summed E-state index contributed by atoms with van der Waals surface area (Å²) < 4.78 is 6.83. The molecule has 0 radical (unpaired) electrons. The molecule has 0 saturated heterocycles. The van der Waals surface area contributed by atoms with E-state index in [-0.39, 0.29) is 11.8 Å². The van der Waals surface area contributed by atoms with E-state index in [1.807, 2.05) is 45.2 Å². The van der Waals surface area contributed by atoms with Crippen molar-refractivity contribution in [3.8, 4) is 0 Å². The summed E-state index contributed by atoms with van der Waals surface area (Å²) in [6.45, 7) is 2.20. The van der Waals surface area contributed by atoms with Crippen molar-refractivity contribution in [2.24, 2.45) is 10.7 Å². The van der Waals surface area contributed by atoms with Crippen LogP contribution in [0.3, 0.4) is 0 Å². The zero-order valence-electron chi connectivity index (χ0n) is 18.6. The highest BCUT2D eigenvalue weighted by Gasteiger charge is 2.30. The highest BCUT2D eigenvalue weighted by atomic mass is 127. The minimum atomic E-state index is -0.703. The van der Waals surface area contributed by atoms with Crippen molar-refractivity contribution in [2.75, 3.05) is 34.8 Å². The van der Waals surface area contributed by atoms with Gasteiger partial charge in [0.05, 0.1) is 31.1 Å². The lowest BCUT2D eigenvalue weighted by atomic mass is 10.0. The Morgan fingerprint density at radius 3 is 2.09 bits per heavy atom. The second-order valence-corrected chi connectivity index (χ2v) is 10.2. The number of halogens is 3. The molecule has 1 rings (SSSR count). The van der Waals surface area contributed by atoms with Gasteiger partial charge in [-0.05, 0) is 93.6 Å². The van der Waals surface area contributed by atoms with Crippen molar-refractivity contribution in [1.29, 1.82) is 0 Å². The molecule has 1 aromatic carbocycles. The van der Waals surface area contributed by atoms with Gasteiger partial charge in [-0.2, -0.15) is 0 Å². The average Bonchev–Trinajstić information content (AvgIpc) is 2.74. The predicted octanol–water partition coefficient (Wildman–Crippen LogP) is 2.87. The van der Waals surface area contributed by atoms with Gasteiger partial charge in [-0.15, -0.1) is 0 Å². The molecule has 0 aromatic heterocycles. The Bertz CT molecular complexity index is 906. The molecule has 178 valence electrons. The number of aliphatic imine (C=N–C) groups is 1. The monoisotopic (exact) mass is 783 g/mol. The van der Waals surface area contributed by atoms with E-state index in [4.69, 9.17) is 10.5 Å². The van der Waals surface area contributed by atoms with Crippen molar-refractivity contribution in [2.45, 2.75) is 32.2 Å². The fourth-order valence-electron chi connectivity index (χ4n) is 2.77. The number of nitrogens with zero attached hydrogens (tertiary/aromatic N) is 2. The smallest absolute Gasteiger partial charge is 0.254 e. The second kappa shape index (κ2) is 13.8. The Labute approximate surface area is 229 Å². The van der Waals surface area contributed by atoms with E-state index >= 15 is 0 Å². The van der Waals surface area contributed by atoms with Crippen LogP contribution in [0.2, 0.25) is 0 Å². The first-order chi connectivity index (χ1) is 15.0. The number of amides is 3. The lowest BCUT2D eigenvalue weighted by Crippen LogP contribution is -2.46. The summed E-state index contributed by atoms with van der Waals surface area (Å²) in [5.41, 5.74) is 6.69. The number of benzene rings is 1. The van der Waals surface area contributed by atoms with E-state index in [1.165, 1.54) is 19.1 Å². The number of methoxy groups -OCH3 is 1. The number of likely N-dealkylation sites (N-methyl/N-ethyl adjacent to an activating group) is 1. The van der Waals surface area contributed by atoms with Gasteiger partial charge in [0.1, 0.15) is 6.04 Å². The largest absolute Gasteiger partial charge is 0.484 e. The maximum Gasteiger partial charge on any atom is 0.254 e. The van der Waals surface area contributed by atoms with Crippen molar-refractivity contribution in [3.05, 3.63) is 21.8 Å². The first kappa shape index (κ1) is 29.3. The van der Waals surface area contributed by atoms with Crippen molar-refractivity contribution >= 4 is 97.1 Å². The molecule has 0 heterocycles. The number of unbranched alkanes of at least 4 members (excludes halogenated alkanes) is 1. The number of hydrogen-bond acceptors (Lipinski definition) is 6. The highest BCUT2D eigenvalue weighted by molar-refractivity contribution is 14.1. The summed E-state index contributed by atoms with van der Waals surface area (Å²) in [4.78, 5) is 44.6. The lowest BCUT2D eigenvalue weighted by Gasteiger charge is -2.23. The quantitative estimate of drug-likeness (QED) is 0.154. The SMILES string of the molecule is CNC(=O)c1c(I)c(N=C(C)OC)c(I)c(C(=O)NC(CCCCN)C(=O)N(C)C)c1I. The summed E-state index contributed by atoms with van der Waals surface area (Å²) in [6, 6.07) is -0.703. The number of nitrogens with two attached hydrogens (primary N) is 1. The molecule has 3 amide bonds. The van der Waals surface area contributed by atoms with Crippen LogP contribution in [0.4, 0.5) is 5.69 Å². The van der Waals surface area contributed by atoms with Crippen LogP contribution in [0, 0.1) is 10.7 Å². The third-order valence-electron chi connectivity index (χ3n) is 4.53. The van der Waals surface area contributed by atoms with E-state index in [0.29, 0.717) is 52.8 Å². The van der Waals surface area contributed by atoms with Gasteiger partial charge in [0.2, 0.25) is 5.91 Å². The normalized spacial score (nSPS) is 12.2. The molecule has 12 heteroatoms. The second-order valence-electron chi connectivity index (χ2n) is 7.00. The predicted molar refractivity (Wildman–Crippen MR) is 151 cm³/mol. The molecule has 1 unspecified atom stereocenters. The van der Waals surface area contributed by atoms with E-state index in [0.717, 1.165) is 6.42 Å². The lowest BCUT2D eigenvalue weighted by molar-refractivity contribution is -0.130. The molecule has 32 heavy (non-hydrogen) atoms. The van der Waals surface area contributed by atoms with Crippen LogP contribution in [0.15, 0.2) is 4.99 Å². The van der Waals surface area contributed by atoms with Crippen LogP contribution >= 0.6 is 67.8 Å². The minimum Gasteiger partial charge on any atom is -0.484 e. The van der Waals surface area contributed by atoms with Crippen molar-refractivity contribution < 1.29 is 19.1 Å². The van der Waals surface area contributed by atoms with Gasteiger partial charge < -0.3 is 26.0 Å². The van der Waals surface area contributed by atoms with Crippen LogP contribution in [0.25, 0.3) is 0 Å². The third-order valence-corrected chi connectivity index (χ3v) is 7.71. The summed E-state index contributed by atoms with van der Waals surface area (Å²) in [6.07, 6.45) is 1.92. The molecule has 0 fully saturated rings. The van der Waals surface area contributed by atoms with Crippen molar-refractivity contribution in [3.63, 3.8) is 0 Å². The first-order valence-electron chi connectivity index (χ1n) is 9.75. The summed E-state index contributed by atoms with van der Waals surface area (Å²) in [5, 5.41) is 5.48. The molecule has 0 aliphatic carbocycles. The number of hydrogen-bond donors (Lipinski definition) is 3. The molecular weight excluding hydrogens is 755 g/mol. The molecule has 1 aromatic rings. The van der Waals surface area contributed by atoms with Gasteiger partial charge >= 0.3 is 0 Å². The van der Waals surface area contributed by atoms with Gasteiger partial charge in [-0.3, -0.25) is 14.4 Å².